The minimum absolute atomic E-state index is 0.198. The molecule has 0 saturated carbocycles. The Labute approximate surface area is 145 Å². The molecule has 0 heterocycles. The average molecular weight is 338 g/mol. The predicted molar refractivity (Wildman–Crippen MR) is 93.0 cm³/mol. The van der Waals surface area contributed by atoms with E-state index in [1.165, 1.54) is 6.08 Å². The molecule has 1 unspecified atom stereocenters. The molecule has 0 aromatic heterocycles. The Hall–Kier alpha value is -3.21. The van der Waals surface area contributed by atoms with E-state index in [1.807, 2.05) is 30.3 Å². The number of carbonyl (C=O) groups excluding carboxylic acids is 1. The number of benzene rings is 2. The lowest BCUT2D eigenvalue weighted by Crippen LogP contribution is -2.31. The van der Waals surface area contributed by atoms with Gasteiger partial charge < -0.3 is 10.2 Å². The molecular formula is C20H18O5. The number of hydrogen-bond donors (Lipinski definition) is 2. The average Bonchev–Trinajstić information content (AvgIpc) is 2.60. The summed E-state index contributed by atoms with van der Waals surface area (Å²) >= 11 is 0. The molecule has 2 rings (SSSR count). The Bertz CT molecular complexity index is 751. The van der Waals surface area contributed by atoms with Crippen molar-refractivity contribution in [1.82, 2.24) is 0 Å². The minimum atomic E-state index is -1.68. The molecule has 25 heavy (non-hydrogen) atoms. The van der Waals surface area contributed by atoms with Crippen LogP contribution in [0.4, 0.5) is 0 Å². The van der Waals surface area contributed by atoms with Crippen molar-refractivity contribution >= 4 is 23.8 Å². The Morgan fingerprint density at radius 2 is 1.36 bits per heavy atom. The monoisotopic (exact) mass is 338 g/mol. The molecule has 0 bridgehead atoms. The zero-order chi connectivity index (χ0) is 18.2. The highest BCUT2D eigenvalue weighted by Crippen LogP contribution is 2.29. The summed E-state index contributed by atoms with van der Waals surface area (Å²) in [6, 6.07) is 17.6. The lowest BCUT2D eigenvalue weighted by molar-refractivity contribution is -0.155. The van der Waals surface area contributed by atoms with E-state index < -0.39 is 23.8 Å². The van der Waals surface area contributed by atoms with Crippen LogP contribution in [-0.4, -0.2) is 27.9 Å². The van der Waals surface area contributed by atoms with Crippen LogP contribution >= 0.6 is 0 Å². The number of allylic oxidation sites excluding steroid dienone is 1. The van der Waals surface area contributed by atoms with Crippen LogP contribution < -0.4 is 0 Å². The smallest absolute Gasteiger partial charge is 0.318 e. The van der Waals surface area contributed by atoms with E-state index in [0.29, 0.717) is 5.56 Å². The Morgan fingerprint density at radius 1 is 0.840 bits per heavy atom. The molecule has 0 spiro atoms. The summed E-state index contributed by atoms with van der Waals surface area (Å²) in [6.07, 6.45) is 2.78. The third-order valence-electron chi connectivity index (χ3n) is 3.84. The van der Waals surface area contributed by atoms with E-state index in [-0.39, 0.29) is 12.2 Å². The summed E-state index contributed by atoms with van der Waals surface area (Å²) in [6.45, 7) is 0. The number of rotatable bonds is 8. The quantitative estimate of drug-likeness (QED) is 0.569. The van der Waals surface area contributed by atoms with Gasteiger partial charge in [0.2, 0.25) is 0 Å². The lowest BCUT2D eigenvalue weighted by atomic mass is 9.82. The molecule has 2 aromatic rings. The molecule has 0 aliphatic carbocycles. The predicted octanol–water partition coefficient (Wildman–Crippen LogP) is 3.23. The van der Waals surface area contributed by atoms with Crippen LogP contribution in [0.5, 0.6) is 0 Å². The van der Waals surface area contributed by atoms with Crippen molar-refractivity contribution in [3.63, 3.8) is 0 Å². The van der Waals surface area contributed by atoms with E-state index >= 15 is 0 Å². The highest BCUT2D eigenvalue weighted by Gasteiger charge is 2.36. The number of hydrogen-bond acceptors (Lipinski definition) is 3. The van der Waals surface area contributed by atoms with Crippen LogP contribution in [0, 0.1) is 5.92 Å². The Morgan fingerprint density at radius 3 is 1.88 bits per heavy atom. The molecule has 0 saturated heterocycles. The molecule has 0 aliphatic rings. The fourth-order valence-electron chi connectivity index (χ4n) is 2.62. The fourth-order valence-corrected chi connectivity index (χ4v) is 2.62. The number of carbonyl (C=O) groups is 3. The van der Waals surface area contributed by atoms with Gasteiger partial charge in [-0.3, -0.25) is 14.4 Å². The maximum Gasteiger partial charge on any atom is 0.318 e. The second-order valence-corrected chi connectivity index (χ2v) is 5.59. The topological polar surface area (TPSA) is 91.7 Å². The molecule has 128 valence electrons. The number of aliphatic carboxylic acids is 2. The van der Waals surface area contributed by atoms with Gasteiger partial charge in [0.1, 0.15) is 0 Å². The summed E-state index contributed by atoms with van der Waals surface area (Å²) in [5.74, 6) is -5.87. The zero-order valence-corrected chi connectivity index (χ0v) is 13.4. The van der Waals surface area contributed by atoms with Gasteiger partial charge in [-0.25, -0.2) is 0 Å². The lowest BCUT2D eigenvalue weighted by Gasteiger charge is -2.20. The fraction of sp³-hybridized carbons (Fsp3) is 0.150. The van der Waals surface area contributed by atoms with Crippen molar-refractivity contribution < 1.29 is 24.6 Å². The first-order chi connectivity index (χ1) is 12.0. The first-order valence-electron chi connectivity index (χ1n) is 7.75. The first-order valence-corrected chi connectivity index (χ1v) is 7.75. The first kappa shape index (κ1) is 18.1. The largest absolute Gasteiger partial charge is 0.481 e. The molecule has 5 nitrogen and oxygen atoms in total. The summed E-state index contributed by atoms with van der Waals surface area (Å²) in [7, 11) is 0. The van der Waals surface area contributed by atoms with E-state index in [2.05, 4.69) is 0 Å². The van der Waals surface area contributed by atoms with Crippen LogP contribution in [0.25, 0.3) is 6.08 Å². The second-order valence-electron chi connectivity index (χ2n) is 5.59. The van der Waals surface area contributed by atoms with Gasteiger partial charge in [-0.05, 0) is 17.2 Å². The SMILES string of the molecule is O=C(/C=C/c1ccccc1)CC(c1ccccc1)C(C(=O)O)C(=O)O. The van der Waals surface area contributed by atoms with Gasteiger partial charge >= 0.3 is 11.9 Å². The van der Waals surface area contributed by atoms with Crippen molar-refractivity contribution in [2.24, 2.45) is 5.92 Å². The zero-order valence-electron chi connectivity index (χ0n) is 13.4. The van der Waals surface area contributed by atoms with Crippen molar-refractivity contribution in [3.05, 3.63) is 77.9 Å². The summed E-state index contributed by atoms with van der Waals surface area (Å²) in [5, 5.41) is 18.6. The normalized spacial score (nSPS) is 12.2. The summed E-state index contributed by atoms with van der Waals surface area (Å²) < 4.78 is 0. The molecule has 0 aliphatic heterocycles. The van der Waals surface area contributed by atoms with Crippen molar-refractivity contribution in [1.29, 1.82) is 0 Å². The van der Waals surface area contributed by atoms with Crippen LogP contribution in [0.2, 0.25) is 0 Å². The number of carboxylic acid groups (broad SMARTS) is 2. The van der Waals surface area contributed by atoms with Gasteiger partial charge in [0.05, 0.1) is 0 Å². The molecule has 5 heteroatoms. The van der Waals surface area contributed by atoms with E-state index in [4.69, 9.17) is 0 Å². The molecule has 1 atom stereocenters. The Balaban J connectivity index is 2.24. The third-order valence-corrected chi connectivity index (χ3v) is 3.84. The van der Waals surface area contributed by atoms with Gasteiger partial charge in [0.15, 0.2) is 11.7 Å². The van der Waals surface area contributed by atoms with E-state index in [9.17, 15) is 24.6 Å². The van der Waals surface area contributed by atoms with Crippen molar-refractivity contribution in [3.8, 4) is 0 Å². The van der Waals surface area contributed by atoms with Gasteiger partial charge in [0.25, 0.3) is 0 Å². The molecule has 2 N–H and O–H groups in total. The van der Waals surface area contributed by atoms with Gasteiger partial charge in [-0.15, -0.1) is 0 Å². The van der Waals surface area contributed by atoms with E-state index in [1.54, 1.807) is 36.4 Å². The van der Waals surface area contributed by atoms with Gasteiger partial charge in [0, 0.05) is 12.3 Å². The number of ketones is 1. The maximum absolute atomic E-state index is 12.3. The van der Waals surface area contributed by atoms with Crippen LogP contribution in [0.3, 0.4) is 0 Å². The molecule has 0 amide bonds. The van der Waals surface area contributed by atoms with Crippen molar-refractivity contribution in [2.75, 3.05) is 0 Å². The molecular weight excluding hydrogens is 320 g/mol. The second kappa shape index (κ2) is 8.59. The van der Waals surface area contributed by atoms with E-state index in [0.717, 1.165) is 5.56 Å². The standard InChI is InChI=1S/C20H18O5/c21-16(12-11-14-7-3-1-4-8-14)13-17(15-9-5-2-6-10-15)18(19(22)23)20(24)25/h1-12,17-18H,13H2,(H,22,23)(H,24,25)/b12-11+. The molecule has 2 aromatic carbocycles. The van der Waals surface area contributed by atoms with Crippen LogP contribution in [0.15, 0.2) is 66.7 Å². The summed E-state index contributed by atoms with van der Waals surface area (Å²) in [4.78, 5) is 35.1. The maximum atomic E-state index is 12.3. The molecule has 0 radical (unpaired) electrons. The highest BCUT2D eigenvalue weighted by molar-refractivity contribution is 5.98. The summed E-state index contributed by atoms with van der Waals surface area (Å²) in [5.41, 5.74) is 1.35. The van der Waals surface area contributed by atoms with Gasteiger partial charge in [-0.1, -0.05) is 66.7 Å². The highest BCUT2D eigenvalue weighted by atomic mass is 16.4. The van der Waals surface area contributed by atoms with Gasteiger partial charge in [-0.2, -0.15) is 0 Å². The molecule has 0 fully saturated rings. The third kappa shape index (κ3) is 5.14. The Kier molecular flexibility index (Phi) is 6.23. The van der Waals surface area contributed by atoms with Crippen LogP contribution in [0.1, 0.15) is 23.5 Å². The van der Waals surface area contributed by atoms with Crippen LogP contribution in [-0.2, 0) is 14.4 Å². The van der Waals surface area contributed by atoms with Crippen molar-refractivity contribution in [2.45, 2.75) is 12.3 Å². The minimum Gasteiger partial charge on any atom is -0.481 e. The number of carboxylic acids is 2.